The van der Waals surface area contributed by atoms with Crippen molar-refractivity contribution in [1.82, 2.24) is 0 Å². The maximum Gasteiger partial charge on any atom is 0.262 e. The van der Waals surface area contributed by atoms with Crippen LogP contribution in [0.25, 0.3) is 0 Å². The van der Waals surface area contributed by atoms with Gasteiger partial charge in [-0.2, -0.15) is 0 Å². The van der Waals surface area contributed by atoms with Gasteiger partial charge in [0.1, 0.15) is 5.75 Å². The minimum Gasteiger partial charge on any atom is -0.482 e. The lowest BCUT2D eigenvalue weighted by molar-refractivity contribution is -0.118. The van der Waals surface area contributed by atoms with E-state index in [-0.39, 0.29) is 11.5 Å². The Balaban J connectivity index is 2.01. The molecule has 23 heavy (non-hydrogen) atoms. The van der Waals surface area contributed by atoms with Gasteiger partial charge in [0.15, 0.2) is 16.4 Å². The van der Waals surface area contributed by atoms with Crippen LogP contribution >= 0.6 is 23.2 Å². The molecule has 0 aliphatic carbocycles. The minimum absolute atomic E-state index is 0.120. The summed E-state index contributed by atoms with van der Waals surface area (Å²) in [6.07, 6.45) is 1.10. The fourth-order valence-electron chi connectivity index (χ4n) is 1.73. The number of rotatable bonds is 5. The summed E-state index contributed by atoms with van der Waals surface area (Å²) in [7, 11) is -3.34. The average molecular weight is 374 g/mol. The highest BCUT2D eigenvalue weighted by Gasteiger charge is 2.10. The average Bonchev–Trinajstić information content (AvgIpc) is 2.47. The third-order valence-corrected chi connectivity index (χ3v) is 4.46. The molecule has 0 aromatic heterocycles. The molecule has 5 nitrogen and oxygen atoms in total. The molecule has 0 saturated carbocycles. The fourth-order valence-corrected chi connectivity index (χ4v) is 2.73. The molecular weight excluding hydrogens is 361 g/mol. The molecule has 0 atom stereocenters. The zero-order valence-corrected chi connectivity index (χ0v) is 14.4. The monoisotopic (exact) mass is 373 g/mol. The van der Waals surface area contributed by atoms with Crippen LogP contribution in [-0.4, -0.2) is 27.2 Å². The van der Waals surface area contributed by atoms with Crippen molar-refractivity contribution in [3.8, 4) is 5.75 Å². The van der Waals surface area contributed by atoms with E-state index in [4.69, 9.17) is 27.9 Å². The molecular formula is C15H13Cl2NO4S. The van der Waals surface area contributed by atoms with Crippen LogP contribution in [-0.2, 0) is 14.6 Å². The Morgan fingerprint density at radius 2 is 1.91 bits per heavy atom. The van der Waals surface area contributed by atoms with E-state index in [1.54, 1.807) is 24.3 Å². The molecule has 0 unspecified atom stereocenters. The van der Waals surface area contributed by atoms with E-state index in [9.17, 15) is 13.2 Å². The highest BCUT2D eigenvalue weighted by molar-refractivity contribution is 7.90. The van der Waals surface area contributed by atoms with Gasteiger partial charge in [-0.1, -0.05) is 29.3 Å². The van der Waals surface area contributed by atoms with E-state index in [0.717, 1.165) is 6.26 Å². The lowest BCUT2D eigenvalue weighted by atomic mass is 10.3. The summed E-state index contributed by atoms with van der Waals surface area (Å²) in [5.74, 6) is -0.161. The number of carbonyl (C=O) groups is 1. The summed E-state index contributed by atoms with van der Waals surface area (Å²) in [5, 5.41) is 3.32. The van der Waals surface area contributed by atoms with E-state index in [0.29, 0.717) is 21.5 Å². The normalized spacial score (nSPS) is 11.1. The predicted molar refractivity (Wildman–Crippen MR) is 90.1 cm³/mol. The molecule has 0 aliphatic heterocycles. The first-order valence-electron chi connectivity index (χ1n) is 6.43. The second-order valence-corrected chi connectivity index (χ2v) is 7.57. The van der Waals surface area contributed by atoms with Crippen LogP contribution in [0, 0.1) is 0 Å². The zero-order chi connectivity index (χ0) is 17.0. The number of benzene rings is 2. The van der Waals surface area contributed by atoms with Crippen LogP contribution < -0.4 is 10.1 Å². The Kier molecular flexibility index (Phi) is 5.51. The maximum atomic E-state index is 11.9. The molecule has 0 heterocycles. The molecule has 8 heteroatoms. The first-order valence-corrected chi connectivity index (χ1v) is 9.08. The number of carbonyl (C=O) groups excluding carboxylic acids is 1. The molecule has 1 amide bonds. The fraction of sp³-hybridized carbons (Fsp3) is 0.133. The number of hydrogen-bond donors (Lipinski definition) is 1. The van der Waals surface area contributed by atoms with Gasteiger partial charge in [-0.3, -0.25) is 4.79 Å². The van der Waals surface area contributed by atoms with Gasteiger partial charge in [0.25, 0.3) is 5.91 Å². The van der Waals surface area contributed by atoms with Gasteiger partial charge >= 0.3 is 0 Å². The minimum atomic E-state index is -3.34. The number of halogens is 2. The summed E-state index contributed by atoms with van der Waals surface area (Å²) in [6, 6.07) is 10.6. The molecule has 2 aromatic carbocycles. The Morgan fingerprint density at radius 3 is 2.61 bits per heavy atom. The molecule has 0 fully saturated rings. The molecule has 0 aliphatic rings. The third kappa shape index (κ3) is 5.13. The Bertz CT molecular complexity index is 837. The van der Waals surface area contributed by atoms with E-state index in [1.165, 1.54) is 18.2 Å². The second kappa shape index (κ2) is 7.21. The Hall–Kier alpha value is -1.76. The van der Waals surface area contributed by atoms with Crippen molar-refractivity contribution >= 4 is 44.6 Å². The van der Waals surface area contributed by atoms with Crippen LogP contribution in [0.15, 0.2) is 47.4 Å². The molecule has 0 bridgehead atoms. The van der Waals surface area contributed by atoms with Gasteiger partial charge in [0.05, 0.1) is 9.92 Å². The van der Waals surface area contributed by atoms with Gasteiger partial charge in [-0.15, -0.1) is 0 Å². The number of hydrogen-bond acceptors (Lipinski definition) is 4. The number of sulfone groups is 1. The van der Waals surface area contributed by atoms with Crippen LogP contribution in [0.3, 0.4) is 0 Å². The zero-order valence-electron chi connectivity index (χ0n) is 12.0. The van der Waals surface area contributed by atoms with Gasteiger partial charge in [-0.25, -0.2) is 8.42 Å². The molecule has 0 spiro atoms. The molecule has 1 N–H and O–H groups in total. The molecule has 0 radical (unpaired) electrons. The topological polar surface area (TPSA) is 72.5 Å². The molecule has 0 saturated heterocycles. The van der Waals surface area contributed by atoms with Crippen molar-refractivity contribution in [2.45, 2.75) is 4.90 Å². The van der Waals surface area contributed by atoms with Crippen LogP contribution in [0.4, 0.5) is 5.69 Å². The van der Waals surface area contributed by atoms with Gasteiger partial charge in [0.2, 0.25) is 0 Å². The van der Waals surface area contributed by atoms with Gasteiger partial charge in [0, 0.05) is 23.0 Å². The highest BCUT2D eigenvalue weighted by Crippen LogP contribution is 2.27. The second-order valence-electron chi connectivity index (χ2n) is 4.71. The van der Waals surface area contributed by atoms with Crippen molar-refractivity contribution in [3.05, 3.63) is 52.5 Å². The van der Waals surface area contributed by atoms with E-state index in [2.05, 4.69) is 5.32 Å². The number of amides is 1. The number of ether oxygens (including phenoxy) is 1. The van der Waals surface area contributed by atoms with Crippen molar-refractivity contribution in [3.63, 3.8) is 0 Å². The predicted octanol–water partition coefficient (Wildman–Crippen LogP) is 3.41. The smallest absolute Gasteiger partial charge is 0.262 e. The third-order valence-electron chi connectivity index (χ3n) is 2.80. The summed E-state index contributed by atoms with van der Waals surface area (Å²) in [6.45, 7) is -0.289. The maximum absolute atomic E-state index is 11.9. The van der Waals surface area contributed by atoms with Crippen LogP contribution in [0.1, 0.15) is 0 Å². The molecule has 2 aromatic rings. The summed E-state index contributed by atoms with van der Waals surface area (Å²) < 4.78 is 28.3. The Labute approximate surface area is 144 Å². The van der Waals surface area contributed by atoms with Crippen molar-refractivity contribution in [2.75, 3.05) is 18.2 Å². The highest BCUT2D eigenvalue weighted by atomic mass is 35.5. The molecule has 2 rings (SSSR count). The lowest BCUT2D eigenvalue weighted by Gasteiger charge is -2.09. The summed E-state index contributed by atoms with van der Waals surface area (Å²) in [5.41, 5.74) is 0.360. The SMILES string of the molecule is CS(=O)(=O)c1cccc(NC(=O)COc2cc(Cl)ccc2Cl)c1. The standard InChI is InChI=1S/C15H13Cl2NO4S/c1-23(20,21)12-4-2-3-11(8-12)18-15(19)9-22-14-7-10(16)5-6-13(14)17/h2-8H,9H2,1H3,(H,18,19). The summed E-state index contributed by atoms with van der Waals surface area (Å²) in [4.78, 5) is 12.0. The van der Waals surface area contributed by atoms with Gasteiger partial charge in [-0.05, 0) is 30.3 Å². The van der Waals surface area contributed by atoms with Crippen molar-refractivity contribution < 1.29 is 17.9 Å². The quantitative estimate of drug-likeness (QED) is 0.871. The van der Waals surface area contributed by atoms with E-state index >= 15 is 0 Å². The molecule has 122 valence electrons. The largest absolute Gasteiger partial charge is 0.482 e. The first-order chi connectivity index (χ1) is 10.8. The van der Waals surface area contributed by atoms with Crippen LogP contribution in [0.2, 0.25) is 10.0 Å². The first kappa shape index (κ1) is 17.6. The van der Waals surface area contributed by atoms with Crippen molar-refractivity contribution in [1.29, 1.82) is 0 Å². The number of anilines is 1. The summed E-state index contributed by atoms with van der Waals surface area (Å²) >= 11 is 11.8. The van der Waals surface area contributed by atoms with Crippen LogP contribution in [0.5, 0.6) is 5.75 Å². The van der Waals surface area contributed by atoms with E-state index < -0.39 is 15.7 Å². The van der Waals surface area contributed by atoms with E-state index in [1.807, 2.05) is 0 Å². The lowest BCUT2D eigenvalue weighted by Crippen LogP contribution is -2.20. The van der Waals surface area contributed by atoms with Crippen molar-refractivity contribution in [2.24, 2.45) is 0 Å². The van der Waals surface area contributed by atoms with Gasteiger partial charge < -0.3 is 10.1 Å². The number of nitrogens with one attached hydrogen (secondary N) is 1. The Morgan fingerprint density at radius 1 is 1.17 bits per heavy atom.